The summed E-state index contributed by atoms with van der Waals surface area (Å²) in [5.74, 6) is 1.13. The van der Waals surface area contributed by atoms with E-state index < -0.39 is 0 Å². The minimum absolute atomic E-state index is 0.464. The summed E-state index contributed by atoms with van der Waals surface area (Å²) >= 11 is 6.19. The molecular formula is C12H14ClN3O. The number of aromatic nitrogens is 2. The van der Waals surface area contributed by atoms with Gasteiger partial charge >= 0.3 is 0 Å². The van der Waals surface area contributed by atoms with Crippen molar-refractivity contribution in [3.05, 3.63) is 34.6 Å². The molecule has 1 aromatic heterocycles. The Morgan fingerprint density at radius 1 is 1.41 bits per heavy atom. The summed E-state index contributed by atoms with van der Waals surface area (Å²) < 4.78 is 5.20. The summed E-state index contributed by atoms with van der Waals surface area (Å²) in [4.78, 5) is 4.30. The summed E-state index contributed by atoms with van der Waals surface area (Å²) in [7, 11) is 0. The molecule has 0 atom stereocenters. The first kappa shape index (κ1) is 12.1. The lowest BCUT2D eigenvalue weighted by molar-refractivity contribution is 0.422. The normalized spacial score (nSPS) is 10.8. The standard InChI is InChI=1S/C12H14ClN3O/c1-8-4-2-5-9(11(8)13)12-15-10(16-17-12)6-3-7-14/h2,4-5H,3,6-7,14H2,1H3. The van der Waals surface area contributed by atoms with Crippen LogP contribution in [0.2, 0.25) is 5.02 Å². The van der Waals surface area contributed by atoms with Crippen LogP contribution in [0.1, 0.15) is 17.8 Å². The van der Waals surface area contributed by atoms with Crippen molar-refractivity contribution < 1.29 is 4.52 Å². The Hall–Kier alpha value is -1.39. The van der Waals surface area contributed by atoms with Crippen molar-refractivity contribution in [2.75, 3.05) is 6.54 Å². The predicted octanol–water partition coefficient (Wildman–Crippen LogP) is 2.59. The Morgan fingerprint density at radius 2 is 2.24 bits per heavy atom. The number of hydrogen-bond acceptors (Lipinski definition) is 4. The highest BCUT2D eigenvalue weighted by atomic mass is 35.5. The van der Waals surface area contributed by atoms with Crippen LogP contribution < -0.4 is 5.73 Å². The Labute approximate surface area is 105 Å². The number of benzene rings is 1. The quantitative estimate of drug-likeness (QED) is 0.907. The van der Waals surface area contributed by atoms with Crippen LogP contribution in [0.25, 0.3) is 11.5 Å². The first-order valence-electron chi connectivity index (χ1n) is 5.50. The second kappa shape index (κ2) is 5.29. The highest BCUT2D eigenvalue weighted by Gasteiger charge is 2.12. The van der Waals surface area contributed by atoms with Gasteiger partial charge < -0.3 is 10.3 Å². The maximum Gasteiger partial charge on any atom is 0.259 e. The Kier molecular flexibility index (Phi) is 3.76. The molecule has 0 unspecified atom stereocenters. The lowest BCUT2D eigenvalue weighted by Gasteiger charge is -2.00. The number of aryl methyl sites for hydroxylation is 2. The molecule has 0 spiro atoms. The summed E-state index contributed by atoms with van der Waals surface area (Å²) in [6.07, 6.45) is 1.57. The third-order valence-corrected chi connectivity index (χ3v) is 3.00. The Morgan fingerprint density at radius 3 is 3.00 bits per heavy atom. The van der Waals surface area contributed by atoms with Crippen molar-refractivity contribution in [3.63, 3.8) is 0 Å². The zero-order valence-corrected chi connectivity index (χ0v) is 10.4. The van der Waals surface area contributed by atoms with E-state index >= 15 is 0 Å². The fourth-order valence-corrected chi connectivity index (χ4v) is 1.74. The second-order valence-electron chi connectivity index (χ2n) is 3.84. The molecule has 90 valence electrons. The van der Waals surface area contributed by atoms with Gasteiger partial charge in [0.2, 0.25) is 0 Å². The molecule has 1 heterocycles. The van der Waals surface area contributed by atoms with Gasteiger partial charge in [-0.15, -0.1) is 0 Å². The van der Waals surface area contributed by atoms with Crippen LogP contribution in [0.3, 0.4) is 0 Å². The first-order valence-corrected chi connectivity index (χ1v) is 5.88. The fraction of sp³-hybridized carbons (Fsp3) is 0.333. The van der Waals surface area contributed by atoms with E-state index in [9.17, 15) is 0 Å². The van der Waals surface area contributed by atoms with E-state index in [-0.39, 0.29) is 0 Å². The molecule has 0 saturated carbocycles. The van der Waals surface area contributed by atoms with Gasteiger partial charge in [-0.1, -0.05) is 28.9 Å². The van der Waals surface area contributed by atoms with Crippen LogP contribution in [0, 0.1) is 6.92 Å². The first-order chi connectivity index (χ1) is 8.22. The molecule has 0 fully saturated rings. The highest BCUT2D eigenvalue weighted by molar-refractivity contribution is 6.33. The summed E-state index contributed by atoms with van der Waals surface area (Å²) in [6, 6.07) is 5.73. The van der Waals surface area contributed by atoms with Gasteiger partial charge in [-0.05, 0) is 31.5 Å². The van der Waals surface area contributed by atoms with Gasteiger partial charge in [0, 0.05) is 6.42 Å². The molecule has 0 radical (unpaired) electrons. The molecule has 1 aromatic carbocycles. The average Bonchev–Trinajstić information content (AvgIpc) is 2.78. The molecule has 2 rings (SSSR count). The maximum absolute atomic E-state index is 6.19. The van der Waals surface area contributed by atoms with Crippen LogP contribution in [0.4, 0.5) is 0 Å². The lowest BCUT2D eigenvalue weighted by atomic mass is 10.1. The smallest absolute Gasteiger partial charge is 0.259 e. The predicted molar refractivity (Wildman–Crippen MR) is 66.9 cm³/mol. The van der Waals surface area contributed by atoms with Crippen LogP contribution >= 0.6 is 11.6 Å². The zero-order chi connectivity index (χ0) is 12.3. The molecule has 5 heteroatoms. The van der Waals surface area contributed by atoms with Gasteiger partial charge in [-0.3, -0.25) is 0 Å². The van der Waals surface area contributed by atoms with Crippen LogP contribution in [0.15, 0.2) is 22.7 Å². The molecule has 0 amide bonds. The van der Waals surface area contributed by atoms with Gasteiger partial charge in [0.1, 0.15) is 0 Å². The molecule has 0 saturated heterocycles. The lowest BCUT2D eigenvalue weighted by Crippen LogP contribution is -2.01. The number of rotatable bonds is 4. The minimum Gasteiger partial charge on any atom is -0.334 e. The Bertz CT molecular complexity index is 510. The molecule has 0 aliphatic heterocycles. The molecule has 4 nitrogen and oxygen atoms in total. The van der Waals surface area contributed by atoms with Gasteiger partial charge in [-0.2, -0.15) is 4.98 Å². The second-order valence-corrected chi connectivity index (χ2v) is 4.22. The monoisotopic (exact) mass is 251 g/mol. The molecule has 0 aliphatic rings. The van der Waals surface area contributed by atoms with Crippen LogP contribution in [-0.2, 0) is 6.42 Å². The molecule has 2 N–H and O–H groups in total. The molecule has 17 heavy (non-hydrogen) atoms. The number of nitrogens with zero attached hydrogens (tertiary/aromatic N) is 2. The average molecular weight is 252 g/mol. The molecule has 2 aromatic rings. The molecule has 0 bridgehead atoms. The van der Waals surface area contributed by atoms with Gasteiger partial charge in [0.15, 0.2) is 5.82 Å². The molecular weight excluding hydrogens is 238 g/mol. The van der Waals surface area contributed by atoms with E-state index in [0.29, 0.717) is 23.3 Å². The number of hydrogen-bond donors (Lipinski definition) is 1. The van der Waals surface area contributed by atoms with Crippen LogP contribution in [0.5, 0.6) is 0 Å². The van der Waals surface area contributed by atoms with E-state index in [2.05, 4.69) is 10.1 Å². The summed E-state index contributed by atoms with van der Waals surface area (Å²) in [5, 5.41) is 4.55. The largest absolute Gasteiger partial charge is 0.334 e. The van der Waals surface area contributed by atoms with Crippen molar-refractivity contribution in [2.45, 2.75) is 19.8 Å². The van der Waals surface area contributed by atoms with Gasteiger partial charge in [0.05, 0.1) is 10.6 Å². The number of halogens is 1. The van der Waals surface area contributed by atoms with E-state index in [0.717, 1.165) is 24.0 Å². The van der Waals surface area contributed by atoms with Crippen molar-refractivity contribution in [1.82, 2.24) is 10.1 Å². The third kappa shape index (κ3) is 2.65. The van der Waals surface area contributed by atoms with Crippen LogP contribution in [-0.4, -0.2) is 16.7 Å². The van der Waals surface area contributed by atoms with Crippen molar-refractivity contribution in [2.24, 2.45) is 5.73 Å². The Balaban J connectivity index is 2.27. The maximum atomic E-state index is 6.19. The zero-order valence-electron chi connectivity index (χ0n) is 9.61. The van der Waals surface area contributed by atoms with Gasteiger partial charge in [-0.25, -0.2) is 0 Å². The van der Waals surface area contributed by atoms with E-state index in [1.165, 1.54) is 0 Å². The fourth-order valence-electron chi connectivity index (χ4n) is 1.54. The minimum atomic E-state index is 0.464. The van der Waals surface area contributed by atoms with Crippen molar-refractivity contribution in [1.29, 1.82) is 0 Å². The SMILES string of the molecule is Cc1cccc(-c2nc(CCCN)no2)c1Cl. The highest BCUT2D eigenvalue weighted by Crippen LogP contribution is 2.29. The summed E-state index contributed by atoms with van der Waals surface area (Å²) in [5.41, 5.74) is 7.20. The van der Waals surface area contributed by atoms with Crippen molar-refractivity contribution in [3.8, 4) is 11.5 Å². The van der Waals surface area contributed by atoms with E-state index in [4.69, 9.17) is 21.9 Å². The molecule has 0 aliphatic carbocycles. The topological polar surface area (TPSA) is 64.9 Å². The van der Waals surface area contributed by atoms with Gasteiger partial charge in [0.25, 0.3) is 5.89 Å². The number of nitrogens with two attached hydrogens (primary N) is 1. The van der Waals surface area contributed by atoms with E-state index in [1.54, 1.807) is 0 Å². The third-order valence-electron chi connectivity index (χ3n) is 2.49. The summed E-state index contributed by atoms with van der Waals surface area (Å²) in [6.45, 7) is 2.56. The van der Waals surface area contributed by atoms with Crippen molar-refractivity contribution >= 4 is 11.6 Å². The van der Waals surface area contributed by atoms with E-state index in [1.807, 2.05) is 25.1 Å².